The third-order valence-corrected chi connectivity index (χ3v) is 4.57. The molecule has 28 heavy (non-hydrogen) atoms. The molecular weight excluding hydrogens is 367 g/mol. The fourth-order valence-electron chi connectivity index (χ4n) is 3.29. The highest BCUT2D eigenvalue weighted by atomic mass is 19.1. The number of carbonyl (C=O) groups is 1. The topological polar surface area (TPSA) is 86.3 Å². The monoisotopic (exact) mass is 396 g/mol. The second-order valence-corrected chi connectivity index (χ2v) is 7.99. The van der Waals surface area contributed by atoms with E-state index in [0.29, 0.717) is 17.9 Å². The van der Waals surface area contributed by atoms with Crippen molar-refractivity contribution in [1.29, 1.82) is 0 Å². The van der Waals surface area contributed by atoms with Gasteiger partial charge >= 0.3 is 6.09 Å². The molecule has 3 N–H and O–H groups in total. The number of hydrogen-bond acceptors (Lipinski definition) is 7. The molecule has 2 saturated heterocycles. The molecule has 1 aromatic rings. The molecule has 0 spiro atoms. The quantitative estimate of drug-likeness (QED) is 0.706. The van der Waals surface area contributed by atoms with Gasteiger partial charge in [-0.25, -0.2) is 9.18 Å². The lowest BCUT2D eigenvalue weighted by Crippen LogP contribution is -2.43. The van der Waals surface area contributed by atoms with Crippen LogP contribution in [0.3, 0.4) is 0 Å². The van der Waals surface area contributed by atoms with Gasteiger partial charge in [-0.2, -0.15) is 0 Å². The third-order valence-electron chi connectivity index (χ3n) is 4.57. The van der Waals surface area contributed by atoms with E-state index in [1.54, 1.807) is 37.8 Å². The van der Waals surface area contributed by atoms with Crippen molar-refractivity contribution in [2.24, 2.45) is 0 Å². The number of nitrogens with zero attached hydrogens (tertiary/aromatic N) is 2. The molecule has 8 nitrogen and oxygen atoms in total. The van der Waals surface area contributed by atoms with Crippen LogP contribution in [0.2, 0.25) is 0 Å². The maximum atomic E-state index is 14.6. The summed E-state index contributed by atoms with van der Waals surface area (Å²) in [5, 5.41) is 16.1. The first kappa shape index (κ1) is 20.6. The number of piperazine rings is 1. The summed E-state index contributed by atoms with van der Waals surface area (Å²) in [5.41, 5.74) is 0.502. The molecule has 0 aliphatic carbocycles. The molecule has 1 aromatic carbocycles. The lowest BCUT2D eigenvalue weighted by atomic mass is 10.2. The number of ether oxygens (including phenoxy) is 2. The van der Waals surface area contributed by atoms with Gasteiger partial charge < -0.3 is 35.0 Å². The average Bonchev–Trinajstić information content (AvgIpc) is 3.00. The molecule has 2 fully saturated rings. The molecule has 3 rings (SSSR count). The zero-order chi connectivity index (χ0) is 20.3. The van der Waals surface area contributed by atoms with Gasteiger partial charge in [-0.3, -0.25) is 0 Å². The largest absolute Gasteiger partial charge is 0.444 e. The Bertz CT molecular complexity index is 691. The van der Waals surface area contributed by atoms with E-state index >= 15 is 0 Å². The van der Waals surface area contributed by atoms with Gasteiger partial charge in [-0.15, -0.1) is 0 Å². The number of aliphatic hydroxyl groups excluding tert-OH is 1. The van der Waals surface area contributed by atoms with E-state index in [1.165, 1.54) is 6.07 Å². The third kappa shape index (κ3) is 5.24. The zero-order valence-electron chi connectivity index (χ0n) is 16.6. The maximum Gasteiger partial charge on any atom is 0.407 e. The molecule has 0 saturated carbocycles. The minimum absolute atomic E-state index is 0.184. The predicted molar refractivity (Wildman–Crippen MR) is 104 cm³/mol. The normalized spacial score (nSPS) is 23.0. The van der Waals surface area contributed by atoms with Gasteiger partial charge in [-0.05, 0) is 39.0 Å². The van der Waals surface area contributed by atoms with Crippen LogP contribution in [0.5, 0.6) is 0 Å². The summed E-state index contributed by atoms with van der Waals surface area (Å²) in [6.07, 6.45) is -2.18. The average molecular weight is 396 g/mol. The van der Waals surface area contributed by atoms with Gasteiger partial charge in [0.15, 0.2) is 0 Å². The summed E-state index contributed by atoms with van der Waals surface area (Å²) in [6.45, 7) is 9.01. The molecule has 0 aromatic heterocycles. The number of carbonyl (C=O) groups excluding carboxylic acids is 1. The molecule has 1 amide bonds. The Hall–Kier alpha value is -2.10. The van der Waals surface area contributed by atoms with Crippen LogP contribution in [0.4, 0.5) is 20.6 Å². The van der Waals surface area contributed by atoms with E-state index in [9.17, 15) is 14.3 Å². The summed E-state index contributed by atoms with van der Waals surface area (Å²) in [6, 6.07) is 4.92. The smallest absolute Gasteiger partial charge is 0.407 e. The molecule has 2 atom stereocenters. The van der Waals surface area contributed by atoms with Crippen molar-refractivity contribution in [3.63, 3.8) is 0 Å². The first-order valence-electron chi connectivity index (χ1n) is 9.55. The van der Waals surface area contributed by atoms with Crippen molar-refractivity contribution in [3.05, 3.63) is 24.0 Å². The number of amides is 1. The van der Waals surface area contributed by atoms with Crippen molar-refractivity contribution in [2.45, 2.75) is 38.9 Å². The van der Waals surface area contributed by atoms with Crippen molar-refractivity contribution in [2.75, 3.05) is 49.1 Å². The number of nitrogens with one attached hydrogen (secondary N) is 2. The number of anilines is 2. The lowest BCUT2D eigenvalue weighted by Gasteiger charge is -2.30. The van der Waals surface area contributed by atoms with Crippen LogP contribution in [0.25, 0.3) is 0 Å². The summed E-state index contributed by atoms with van der Waals surface area (Å²) in [7, 11) is 0. The standard InChI is InChI=1S/C19H29FN4O4/c1-19(2,3)28-17(25)22-11-14-12-24(18(26)27-14)13-4-5-16(15(20)10-13)23-8-6-21-7-9-23/h4-5,10,14,18,21,26H,6-9,11-12H2,1-3H3,(H,22,25)/t14-,18?/m0/s1. The van der Waals surface area contributed by atoms with Gasteiger partial charge in [0.1, 0.15) is 11.4 Å². The molecule has 9 heteroatoms. The maximum absolute atomic E-state index is 14.6. The van der Waals surface area contributed by atoms with Crippen molar-refractivity contribution in [1.82, 2.24) is 10.6 Å². The molecule has 156 valence electrons. The minimum atomic E-state index is -1.20. The Morgan fingerprint density at radius 1 is 1.39 bits per heavy atom. The highest BCUT2D eigenvalue weighted by molar-refractivity contribution is 5.67. The molecule has 2 heterocycles. The van der Waals surface area contributed by atoms with E-state index in [4.69, 9.17) is 9.47 Å². The Kier molecular flexibility index (Phi) is 6.26. The number of aliphatic hydroxyl groups is 1. The summed E-state index contributed by atoms with van der Waals surface area (Å²) in [5.74, 6) is -0.332. The van der Waals surface area contributed by atoms with Crippen LogP contribution in [-0.4, -0.2) is 68.6 Å². The summed E-state index contributed by atoms with van der Waals surface area (Å²) >= 11 is 0. The molecule has 2 aliphatic rings. The first-order valence-corrected chi connectivity index (χ1v) is 9.55. The van der Waals surface area contributed by atoms with Gasteiger partial charge in [0.05, 0.1) is 18.3 Å². The van der Waals surface area contributed by atoms with Gasteiger partial charge in [0.25, 0.3) is 0 Å². The number of benzene rings is 1. The fourth-order valence-corrected chi connectivity index (χ4v) is 3.29. The van der Waals surface area contributed by atoms with Crippen LogP contribution in [0.15, 0.2) is 18.2 Å². The van der Waals surface area contributed by atoms with Crippen molar-refractivity contribution >= 4 is 17.5 Å². The Balaban J connectivity index is 1.58. The first-order chi connectivity index (χ1) is 13.2. The number of alkyl carbamates (subject to hydrolysis) is 1. The number of halogens is 1. The van der Waals surface area contributed by atoms with E-state index in [0.717, 1.165) is 26.2 Å². The number of hydrogen-bond donors (Lipinski definition) is 3. The van der Waals surface area contributed by atoms with Gasteiger partial charge in [0.2, 0.25) is 6.41 Å². The van der Waals surface area contributed by atoms with Crippen LogP contribution < -0.4 is 20.4 Å². The highest BCUT2D eigenvalue weighted by Crippen LogP contribution is 2.29. The Labute approximate surface area is 164 Å². The zero-order valence-corrected chi connectivity index (χ0v) is 16.6. The van der Waals surface area contributed by atoms with Crippen molar-refractivity contribution < 1.29 is 23.8 Å². The van der Waals surface area contributed by atoms with Crippen molar-refractivity contribution in [3.8, 4) is 0 Å². The van der Waals surface area contributed by atoms with Crippen LogP contribution in [-0.2, 0) is 9.47 Å². The van der Waals surface area contributed by atoms with Crippen LogP contribution >= 0.6 is 0 Å². The predicted octanol–water partition coefficient (Wildman–Crippen LogP) is 1.24. The van der Waals surface area contributed by atoms with Gasteiger partial charge in [-0.1, -0.05) is 0 Å². The molecule has 0 bridgehead atoms. The second-order valence-electron chi connectivity index (χ2n) is 7.99. The minimum Gasteiger partial charge on any atom is -0.444 e. The van der Waals surface area contributed by atoms with Crippen LogP contribution in [0.1, 0.15) is 20.8 Å². The van der Waals surface area contributed by atoms with E-state index in [1.807, 2.05) is 4.90 Å². The van der Waals surface area contributed by atoms with Crippen LogP contribution in [0, 0.1) is 5.82 Å². The Morgan fingerprint density at radius 2 is 2.11 bits per heavy atom. The van der Waals surface area contributed by atoms with Gasteiger partial charge in [0, 0.05) is 38.4 Å². The summed E-state index contributed by atoms with van der Waals surface area (Å²) in [4.78, 5) is 15.3. The Morgan fingerprint density at radius 3 is 2.75 bits per heavy atom. The number of rotatable bonds is 4. The lowest BCUT2D eigenvalue weighted by molar-refractivity contribution is -0.0874. The summed E-state index contributed by atoms with van der Waals surface area (Å²) < 4.78 is 25.3. The molecular formula is C19H29FN4O4. The van der Waals surface area contributed by atoms with E-state index in [2.05, 4.69) is 10.6 Å². The SMILES string of the molecule is CC(C)(C)OC(=O)NC[C@H]1CN(c2ccc(N3CCNCC3)c(F)c2)C(O)O1. The fraction of sp³-hybridized carbons (Fsp3) is 0.632. The van der Waals surface area contributed by atoms with E-state index in [-0.39, 0.29) is 12.4 Å². The second kappa shape index (κ2) is 8.50. The highest BCUT2D eigenvalue weighted by Gasteiger charge is 2.32. The molecule has 2 aliphatic heterocycles. The molecule has 1 unspecified atom stereocenters. The van der Waals surface area contributed by atoms with E-state index < -0.39 is 24.2 Å². The molecule has 0 radical (unpaired) electrons.